The monoisotopic (exact) mass is 160 g/mol. The van der Waals surface area contributed by atoms with E-state index in [1.807, 2.05) is 19.9 Å². The summed E-state index contributed by atoms with van der Waals surface area (Å²) in [6.45, 7) is 8.41. The lowest BCUT2D eigenvalue weighted by molar-refractivity contribution is 0.608. The molecule has 2 heteroatoms. The topological polar surface area (TPSA) is 0 Å². The van der Waals surface area contributed by atoms with Crippen LogP contribution >= 0.6 is 0 Å². The van der Waals surface area contributed by atoms with Gasteiger partial charge in [0.05, 0.1) is 15.7 Å². The highest BCUT2D eigenvalue weighted by molar-refractivity contribution is 6.41. The summed E-state index contributed by atoms with van der Waals surface area (Å²) in [6, 6.07) is 0. The summed E-state index contributed by atoms with van der Waals surface area (Å²) < 4.78 is 0. The van der Waals surface area contributed by atoms with Crippen molar-refractivity contribution in [3.8, 4) is 0 Å². The maximum atomic E-state index is 5.84. The number of allylic oxidation sites excluding steroid dienone is 2. The van der Waals surface area contributed by atoms with Crippen LogP contribution < -0.4 is 0 Å². The molecule has 0 N–H and O–H groups in total. The van der Waals surface area contributed by atoms with Crippen molar-refractivity contribution in [1.82, 2.24) is 0 Å². The van der Waals surface area contributed by atoms with E-state index in [0.717, 1.165) is 6.42 Å². The SMILES string of the molecule is [B]C([B])(/C=C/CC(C)C)C(C)C. The van der Waals surface area contributed by atoms with Gasteiger partial charge in [0.25, 0.3) is 0 Å². The third-order valence-electron chi connectivity index (χ3n) is 2.01. The summed E-state index contributed by atoms with van der Waals surface area (Å²) in [4.78, 5) is 0. The van der Waals surface area contributed by atoms with Gasteiger partial charge in [-0.3, -0.25) is 0 Å². The average molecular weight is 160 g/mol. The van der Waals surface area contributed by atoms with E-state index in [1.54, 1.807) is 0 Å². The number of rotatable bonds is 4. The highest BCUT2D eigenvalue weighted by Crippen LogP contribution is 2.28. The van der Waals surface area contributed by atoms with E-state index in [2.05, 4.69) is 19.9 Å². The van der Waals surface area contributed by atoms with Gasteiger partial charge in [-0.2, -0.15) is 0 Å². The Morgan fingerprint density at radius 2 is 1.67 bits per heavy atom. The van der Waals surface area contributed by atoms with E-state index in [0.29, 0.717) is 5.92 Å². The molecule has 0 saturated carbocycles. The van der Waals surface area contributed by atoms with Gasteiger partial charge in [0.15, 0.2) is 0 Å². The van der Waals surface area contributed by atoms with Crippen LogP contribution in [0.2, 0.25) is 5.21 Å². The summed E-state index contributed by atoms with van der Waals surface area (Å²) in [5.41, 5.74) is 0. The first-order valence-corrected chi connectivity index (χ1v) is 4.61. The fourth-order valence-corrected chi connectivity index (χ4v) is 0.737. The Hall–Kier alpha value is -0.130. The predicted octanol–water partition coefficient (Wildman–Crippen LogP) is 2.70. The van der Waals surface area contributed by atoms with Gasteiger partial charge in [0.1, 0.15) is 0 Å². The Labute approximate surface area is 79.6 Å². The molecular formula is C10H18B2. The zero-order valence-electron chi connectivity index (χ0n) is 8.67. The van der Waals surface area contributed by atoms with Crippen molar-refractivity contribution in [3.63, 3.8) is 0 Å². The minimum atomic E-state index is -0.644. The van der Waals surface area contributed by atoms with Crippen molar-refractivity contribution in [2.45, 2.75) is 39.3 Å². The zero-order chi connectivity index (χ0) is 9.78. The lowest BCUT2D eigenvalue weighted by Crippen LogP contribution is -2.17. The number of hydrogen-bond acceptors (Lipinski definition) is 0. The molecule has 0 aromatic heterocycles. The second-order valence-corrected chi connectivity index (χ2v) is 4.19. The summed E-state index contributed by atoms with van der Waals surface area (Å²) >= 11 is 0. The van der Waals surface area contributed by atoms with E-state index in [4.69, 9.17) is 15.7 Å². The minimum Gasteiger partial charge on any atom is -0.0991 e. The Bertz CT molecular complexity index is 146. The molecule has 12 heavy (non-hydrogen) atoms. The van der Waals surface area contributed by atoms with Crippen LogP contribution in [0.1, 0.15) is 34.1 Å². The fraction of sp³-hybridized carbons (Fsp3) is 0.800. The standard InChI is InChI=1S/C10H18B2/c1-8(2)6-5-7-10(11,12)9(3)4/h5,7-9H,6H2,1-4H3/b7-5+. The first-order chi connectivity index (χ1) is 5.36. The zero-order valence-corrected chi connectivity index (χ0v) is 8.67. The molecule has 0 bridgehead atoms. The van der Waals surface area contributed by atoms with Crippen molar-refractivity contribution in [3.05, 3.63) is 12.2 Å². The Morgan fingerprint density at radius 1 is 1.17 bits per heavy atom. The summed E-state index contributed by atoms with van der Waals surface area (Å²) in [7, 11) is 11.7. The third-order valence-corrected chi connectivity index (χ3v) is 2.01. The molecule has 0 aromatic rings. The summed E-state index contributed by atoms with van der Waals surface area (Å²) in [5, 5.41) is -0.644. The van der Waals surface area contributed by atoms with E-state index < -0.39 is 5.21 Å². The van der Waals surface area contributed by atoms with Gasteiger partial charge < -0.3 is 0 Å². The van der Waals surface area contributed by atoms with E-state index >= 15 is 0 Å². The van der Waals surface area contributed by atoms with E-state index in [1.165, 1.54) is 0 Å². The highest BCUT2D eigenvalue weighted by atomic mass is 14.1. The second-order valence-electron chi connectivity index (χ2n) is 4.19. The molecule has 0 saturated heterocycles. The molecule has 0 aliphatic rings. The first-order valence-electron chi connectivity index (χ1n) is 4.61. The van der Waals surface area contributed by atoms with Gasteiger partial charge in [-0.15, -0.1) is 0 Å². The molecule has 0 heterocycles. The fourth-order valence-electron chi connectivity index (χ4n) is 0.737. The van der Waals surface area contributed by atoms with Crippen molar-refractivity contribution in [2.24, 2.45) is 11.8 Å². The minimum absolute atomic E-state index is 0.279. The molecule has 0 rings (SSSR count). The van der Waals surface area contributed by atoms with Gasteiger partial charge in [-0.1, -0.05) is 51.0 Å². The van der Waals surface area contributed by atoms with Gasteiger partial charge >= 0.3 is 0 Å². The van der Waals surface area contributed by atoms with Crippen LogP contribution in [0, 0.1) is 11.8 Å². The third kappa shape index (κ3) is 4.69. The van der Waals surface area contributed by atoms with Crippen LogP contribution in [0.4, 0.5) is 0 Å². The predicted molar refractivity (Wildman–Crippen MR) is 57.6 cm³/mol. The summed E-state index contributed by atoms with van der Waals surface area (Å²) in [5.74, 6) is 0.949. The maximum Gasteiger partial charge on any atom is 0.0678 e. The molecule has 0 nitrogen and oxygen atoms in total. The molecule has 0 fully saturated rings. The van der Waals surface area contributed by atoms with Crippen LogP contribution in [0.15, 0.2) is 12.2 Å². The van der Waals surface area contributed by atoms with Crippen LogP contribution in [0.5, 0.6) is 0 Å². The van der Waals surface area contributed by atoms with Crippen molar-refractivity contribution < 1.29 is 0 Å². The molecule has 4 radical (unpaired) electrons. The van der Waals surface area contributed by atoms with Crippen molar-refractivity contribution in [1.29, 1.82) is 0 Å². The van der Waals surface area contributed by atoms with Crippen LogP contribution in [-0.2, 0) is 0 Å². The molecule has 0 atom stereocenters. The highest BCUT2D eigenvalue weighted by Gasteiger charge is 2.16. The van der Waals surface area contributed by atoms with E-state index in [9.17, 15) is 0 Å². The van der Waals surface area contributed by atoms with Crippen molar-refractivity contribution >= 4 is 15.7 Å². The maximum absolute atomic E-state index is 5.84. The Balaban J connectivity index is 3.96. The van der Waals surface area contributed by atoms with Crippen LogP contribution in [-0.4, -0.2) is 15.7 Å². The normalized spacial score (nSPS) is 13.5. The largest absolute Gasteiger partial charge is 0.0991 e. The molecular weight excluding hydrogens is 142 g/mol. The van der Waals surface area contributed by atoms with Gasteiger partial charge in [0.2, 0.25) is 0 Å². The van der Waals surface area contributed by atoms with Gasteiger partial charge in [-0.05, 0) is 12.3 Å². The average Bonchev–Trinajstić information content (AvgIpc) is 1.85. The lowest BCUT2D eigenvalue weighted by Gasteiger charge is -2.26. The van der Waals surface area contributed by atoms with Gasteiger partial charge in [-0.25, -0.2) is 0 Å². The lowest BCUT2D eigenvalue weighted by atomic mass is 9.49. The van der Waals surface area contributed by atoms with E-state index in [-0.39, 0.29) is 5.92 Å². The van der Waals surface area contributed by atoms with Crippen molar-refractivity contribution in [2.75, 3.05) is 0 Å². The van der Waals surface area contributed by atoms with Crippen LogP contribution in [0.3, 0.4) is 0 Å². The molecule has 0 amide bonds. The molecule has 0 spiro atoms. The molecule has 0 unspecified atom stereocenters. The molecule has 0 aliphatic carbocycles. The first kappa shape index (κ1) is 11.9. The van der Waals surface area contributed by atoms with Crippen LogP contribution in [0.25, 0.3) is 0 Å². The van der Waals surface area contributed by atoms with Gasteiger partial charge in [0, 0.05) is 0 Å². The molecule has 0 aromatic carbocycles. The Kier molecular flexibility index (Phi) is 4.74. The molecule has 64 valence electrons. The summed E-state index contributed by atoms with van der Waals surface area (Å²) in [6.07, 6.45) is 5.03. The smallest absolute Gasteiger partial charge is 0.0678 e. The Morgan fingerprint density at radius 3 is 2.00 bits per heavy atom. The second kappa shape index (κ2) is 4.79. The number of hydrogen-bond donors (Lipinski definition) is 0. The quantitative estimate of drug-likeness (QED) is 0.438. The molecule has 0 aliphatic heterocycles.